The summed E-state index contributed by atoms with van der Waals surface area (Å²) in [6, 6.07) is 7.75. The average Bonchev–Trinajstić information content (AvgIpc) is 2.55. The van der Waals surface area contributed by atoms with Crippen LogP contribution in [0.5, 0.6) is 0 Å². The summed E-state index contributed by atoms with van der Waals surface area (Å²) in [6.07, 6.45) is -0.0516. The molecule has 24 heavy (non-hydrogen) atoms. The van der Waals surface area contributed by atoms with Gasteiger partial charge in [0.05, 0.1) is 25.9 Å². The van der Waals surface area contributed by atoms with Gasteiger partial charge in [0.2, 0.25) is 0 Å². The van der Waals surface area contributed by atoms with Crippen LogP contribution in [0.2, 0.25) is 0 Å². The fourth-order valence-electron chi connectivity index (χ4n) is 2.44. The van der Waals surface area contributed by atoms with E-state index in [-0.39, 0.29) is 18.0 Å². The van der Waals surface area contributed by atoms with E-state index in [0.29, 0.717) is 12.1 Å². The number of amides is 1. The van der Waals surface area contributed by atoms with Crippen LogP contribution in [0.15, 0.2) is 29.3 Å². The molecule has 0 bridgehead atoms. The van der Waals surface area contributed by atoms with Crippen molar-refractivity contribution in [2.75, 3.05) is 39.4 Å². The topological polar surface area (TPSA) is 63.2 Å². The van der Waals surface area contributed by atoms with E-state index in [2.05, 4.69) is 15.2 Å². The third-order valence-electron chi connectivity index (χ3n) is 3.73. The zero-order valence-electron chi connectivity index (χ0n) is 14.7. The maximum atomic E-state index is 12.4. The van der Waals surface area contributed by atoms with Crippen molar-refractivity contribution in [1.82, 2.24) is 10.2 Å². The maximum absolute atomic E-state index is 12.4. The highest BCUT2D eigenvalue weighted by Crippen LogP contribution is 2.07. The lowest BCUT2D eigenvalue weighted by Gasteiger charge is -2.25. The summed E-state index contributed by atoms with van der Waals surface area (Å²) < 4.78 is 11.0. The Balaban J connectivity index is 1.95. The zero-order chi connectivity index (χ0) is 17.4. The number of aliphatic imine (C=N–C) groups is 1. The Kier molecular flexibility index (Phi) is 7.21. The molecule has 1 N–H and O–H groups in total. The molecule has 1 aromatic rings. The Hall–Kier alpha value is -1.92. The number of carbonyl (C=O) groups excluding carboxylic acids is 1. The van der Waals surface area contributed by atoms with Gasteiger partial charge in [-0.2, -0.15) is 0 Å². The molecule has 0 aliphatic carbocycles. The molecule has 1 aromatic carbocycles. The molecule has 0 radical (unpaired) electrons. The van der Waals surface area contributed by atoms with E-state index in [4.69, 9.17) is 9.47 Å². The molecule has 1 heterocycles. The zero-order valence-corrected chi connectivity index (χ0v) is 14.7. The number of nitrogens with one attached hydrogen (secondary N) is 1. The Morgan fingerprint density at radius 1 is 1.33 bits per heavy atom. The van der Waals surface area contributed by atoms with Gasteiger partial charge in [0.1, 0.15) is 0 Å². The summed E-state index contributed by atoms with van der Waals surface area (Å²) in [6.45, 7) is 10.5. The van der Waals surface area contributed by atoms with Gasteiger partial charge in [-0.05, 0) is 32.4 Å². The van der Waals surface area contributed by atoms with Gasteiger partial charge in [-0.15, -0.1) is 0 Å². The molecule has 1 amide bonds. The van der Waals surface area contributed by atoms with E-state index >= 15 is 0 Å². The highest BCUT2D eigenvalue weighted by molar-refractivity contribution is 6.04. The molecule has 0 saturated carbocycles. The van der Waals surface area contributed by atoms with Crippen LogP contribution in [-0.4, -0.2) is 62.3 Å². The van der Waals surface area contributed by atoms with Crippen molar-refractivity contribution >= 4 is 11.9 Å². The summed E-state index contributed by atoms with van der Waals surface area (Å²) in [5.41, 5.74) is 1.55. The Labute approximate surface area is 143 Å². The van der Waals surface area contributed by atoms with E-state index in [1.807, 2.05) is 39.0 Å². The number of morpholine rings is 1. The van der Waals surface area contributed by atoms with E-state index in [1.165, 1.54) is 0 Å². The number of ether oxygens (including phenoxy) is 2. The van der Waals surface area contributed by atoms with Crippen molar-refractivity contribution in [2.45, 2.75) is 26.9 Å². The van der Waals surface area contributed by atoms with Crippen LogP contribution in [0.1, 0.15) is 29.8 Å². The first-order valence-electron chi connectivity index (χ1n) is 8.44. The number of nitrogens with zero attached hydrogens (tertiary/aromatic N) is 2. The third kappa shape index (κ3) is 5.94. The van der Waals surface area contributed by atoms with Gasteiger partial charge in [-0.1, -0.05) is 18.2 Å². The van der Waals surface area contributed by atoms with Crippen molar-refractivity contribution in [1.29, 1.82) is 0 Å². The summed E-state index contributed by atoms with van der Waals surface area (Å²) in [5.74, 6) is -0.195. The van der Waals surface area contributed by atoms with Crippen molar-refractivity contribution in [3.63, 3.8) is 0 Å². The van der Waals surface area contributed by atoms with Gasteiger partial charge in [-0.25, -0.2) is 4.99 Å². The predicted molar refractivity (Wildman–Crippen MR) is 94.4 cm³/mol. The smallest absolute Gasteiger partial charge is 0.291 e. The van der Waals surface area contributed by atoms with E-state index < -0.39 is 0 Å². The number of carbonyl (C=O) groups is 1. The third-order valence-corrected chi connectivity index (χ3v) is 3.73. The van der Waals surface area contributed by atoms with Crippen LogP contribution >= 0.6 is 0 Å². The van der Waals surface area contributed by atoms with Gasteiger partial charge in [-0.3, -0.25) is 15.0 Å². The largest absolute Gasteiger partial charge is 0.462 e. The second-order valence-electron chi connectivity index (χ2n) is 6.08. The van der Waals surface area contributed by atoms with Crippen molar-refractivity contribution in [3.8, 4) is 0 Å². The monoisotopic (exact) mass is 333 g/mol. The van der Waals surface area contributed by atoms with Gasteiger partial charge in [0.15, 0.2) is 0 Å². The number of rotatable bonds is 5. The standard InChI is InChI=1S/C18H27N3O3/c1-14(2)24-18(19-8-9-21-10-12-23-13-11-21)20-17(22)16-7-5-4-6-15(16)3/h4-7,14H,8-13H2,1-3H3,(H,19,20,22). The minimum absolute atomic E-state index is 0.0516. The van der Waals surface area contributed by atoms with Crippen LogP contribution in [0, 0.1) is 6.92 Å². The minimum atomic E-state index is -0.195. The first kappa shape index (κ1) is 18.4. The first-order valence-corrected chi connectivity index (χ1v) is 8.44. The fourth-order valence-corrected chi connectivity index (χ4v) is 2.44. The van der Waals surface area contributed by atoms with Gasteiger partial charge in [0.25, 0.3) is 11.9 Å². The van der Waals surface area contributed by atoms with Crippen LogP contribution in [0.4, 0.5) is 0 Å². The summed E-state index contributed by atoms with van der Waals surface area (Å²) in [4.78, 5) is 19.2. The quantitative estimate of drug-likeness (QED) is 0.660. The van der Waals surface area contributed by atoms with Gasteiger partial charge >= 0.3 is 0 Å². The molecule has 6 heteroatoms. The normalized spacial score (nSPS) is 16.2. The summed E-state index contributed by atoms with van der Waals surface area (Å²) >= 11 is 0. The molecule has 0 spiro atoms. The molecule has 0 unspecified atom stereocenters. The van der Waals surface area contributed by atoms with Crippen molar-refractivity contribution in [2.24, 2.45) is 4.99 Å². The van der Waals surface area contributed by atoms with Crippen LogP contribution in [0.3, 0.4) is 0 Å². The molecule has 0 aromatic heterocycles. The minimum Gasteiger partial charge on any atom is -0.462 e. The Morgan fingerprint density at radius 3 is 2.71 bits per heavy atom. The molecule has 132 valence electrons. The van der Waals surface area contributed by atoms with Crippen molar-refractivity contribution < 1.29 is 14.3 Å². The SMILES string of the molecule is Cc1ccccc1C(=O)NC(=NCCN1CCOCC1)OC(C)C. The summed E-state index contributed by atoms with van der Waals surface area (Å²) in [5, 5.41) is 2.79. The van der Waals surface area contributed by atoms with E-state index in [0.717, 1.165) is 38.4 Å². The molecular weight excluding hydrogens is 306 g/mol. The number of benzene rings is 1. The molecule has 2 rings (SSSR count). The highest BCUT2D eigenvalue weighted by Gasteiger charge is 2.14. The average molecular weight is 333 g/mol. The lowest BCUT2D eigenvalue weighted by atomic mass is 10.1. The van der Waals surface area contributed by atoms with Crippen molar-refractivity contribution in [3.05, 3.63) is 35.4 Å². The van der Waals surface area contributed by atoms with Crippen LogP contribution < -0.4 is 5.32 Å². The molecular formula is C18H27N3O3. The van der Waals surface area contributed by atoms with Gasteiger partial charge < -0.3 is 9.47 Å². The second-order valence-corrected chi connectivity index (χ2v) is 6.08. The molecule has 0 atom stereocenters. The fraction of sp³-hybridized carbons (Fsp3) is 0.556. The lowest BCUT2D eigenvalue weighted by Crippen LogP contribution is -2.39. The maximum Gasteiger partial charge on any atom is 0.291 e. The molecule has 6 nitrogen and oxygen atoms in total. The lowest BCUT2D eigenvalue weighted by molar-refractivity contribution is 0.0393. The number of hydrogen-bond donors (Lipinski definition) is 1. The number of aryl methyl sites for hydroxylation is 1. The molecule has 1 aliphatic rings. The molecule has 1 aliphatic heterocycles. The van der Waals surface area contributed by atoms with Crippen LogP contribution in [0.25, 0.3) is 0 Å². The highest BCUT2D eigenvalue weighted by atomic mass is 16.5. The van der Waals surface area contributed by atoms with Crippen LogP contribution in [-0.2, 0) is 9.47 Å². The second kappa shape index (κ2) is 9.39. The Bertz CT molecular complexity index is 566. The number of hydrogen-bond acceptors (Lipinski definition) is 5. The predicted octanol–water partition coefficient (Wildman–Crippen LogP) is 1.84. The van der Waals surface area contributed by atoms with Gasteiger partial charge in [0, 0.05) is 25.2 Å². The van der Waals surface area contributed by atoms with E-state index in [9.17, 15) is 4.79 Å². The molecule has 1 fully saturated rings. The first-order chi connectivity index (χ1) is 11.6. The van der Waals surface area contributed by atoms with E-state index in [1.54, 1.807) is 6.07 Å². The number of amidine groups is 1. The Morgan fingerprint density at radius 2 is 2.04 bits per heavy atom. The molecule has 1 saturated heterocycles. The summed E-state index contributed by atoms with van der Waals surface area (Å²) in [7, 11) is 0.